The van der Waals surface area contributed by atoms with Crippen LogP contribution in [0.4, 0.5) is 0 Å². The fourth-order valence-corrected chi connectivity index (χ4v) is 1.74. The van der Waals surface area contributed by atoms with Crippen LogP contribution in [0.5, 0.6) is 0 Å². The molecule has 0 bridgehead atoms. The molecule has 0 aromatic heterocycles. The number of rotatable bonds is 7. The molecule has 1 N–H and O–H groups in total. The summed E-state index contributed by atoms with van der Waals surface area (Å²) in [5.41, 5.74) is 0. The van der Waals surface area contributed by atoms with Crippen LogP contribution in [0.2, 0.25) is 0 Å². The summed E-state index contributed by atoms with van der Waals surface area (Å²) in [5, 5.41) is 7.13. The molecule has 152 valence electrons. The molecule has 25 heavy (non-hydrogen) atoms. The van der Waals surface area contributed by atoms with Crippen LogP contribution in [0.1, 0.15) is 68.2 Å². The molecule has 0 fully saturated rings. The number of hydrogen-bond donors (Lipinski definition) is 1. The van der Waals surface area contributed by atoms with Crippen molar-refractivity contribution < 1.29 is 19.4 Å². The van der Waals surface area contributed by atoms with E-state index in [0.717, 1.165) is 12.8 Å². The van der Waals surface area contributed by atoms with Crippen molar-refractivity contribution >= 4 is 46.0 Å². The maximum atomic E-state index is 11.0. The zero-order chi connectivity index (χ0) is 20.7. The molecule has 0 aliphatic rings. The van der Waals surface area contributed by atoms with Crippen LogP contribution in [0.15, 0.2) is 0 Å². The van der Waals surface area contributed by atoms with Gasteiger partial charge in [0.25, 0.3) is 0 Å². The fraction of sp³-hybridized carbons (Fsp3) is 0.889. The van der Waals surface area contributed by atoms with Crippen molar-refractivity contribution in [3.8, 4) is 0 Å². The van der Waals surface area contributed by atoms with Gasteiger partial charge in [-0.15, -0.1) is 23.2 Å². The van der Waals surface area contributed by atoms with Crippen LogP contribution >= 0.6 is 34.8 Å². The molecule has 0 rings (SSSR count). The molecule has 0 aliphatic carbocycles. The molecule has 0 radical (unpaired) electrons. The van der Waals surface area contributed by atoms with Crippen molar-refractivity contribution in [2.24, 2.45) is 11.8 Å². The molecule has 0 aromatic rings. The predicted octanol–water partition coefficient (Wildman–Crippen LogP) is 5.38. The highest BCUT2D eigenvalue weighted by atomic mass is 35.5. The topological polar surface area (TPSA) is 63.6 Å². The summed E-state index contributed by atoms with van der Waals surface area (Å²) >= 11 is 15.5. The van der Waals surface area contributed by atoms with Gasteiger partial charge in [0.1, 0.15) is 10.8 Å². The monoisotopic (exact) mass is 420 g/mol. The highest BCUT2D eigenvalue weighted by Crippen LogP contribution is 2.09. The second kappa shape index (κ2) is 17.4. The van der Waals surface area contributed by atoms with Crippen LogP contribution in [0, 0.1) is 11.8 Å². The summed E-state index contributed by atoms with van der Waals surface area (Å²) in [6, 6.07) is 0. The largest absolute Gasteiger partial charge is 0.462 e. The molecule has 0 amide bonds. The Morgan fingerprint density at radius 3 is 1.36 bits per heavy atom. The Bertz CT molecular complexity index is 337. The van der Waals surface area contributed by atoms with E-state index in [0.29, 0.717) is 11.8 Å². The van der Waals surface area contributed by atoms with Crippen molar-refractivity contribution in [3.05, 3.63) is 0 Å². The minimum Gasteiger partial charge on any atom is -0.462 e. The van der Waals surface area contributed by atoms with E-state index in [1.807, 2.05) is 13.8 Å². The minimum absolute atomic E-state index is 0.0290. The number of ether oxygens (including phenoxy) is 1. The van der Waals surface area contributed by atoms with Gasteiger partial charge in [-0.25, -0.2) is 0 Å². The zero-order valence-corrected chi connectivity index (χ0v) is 19.0. The average Bonchev–Trinajstić information content (AvgIpc) is 2.36. The lowest BCUT2D eigenvalue weighted by Crippen LogP contribution is -2.22. The maximum absolute atomic E-state index is 11.0. The molecule has 0 saturated heterocycles. The van der Waals surface area contributed by atoms with Gasteiger partial charge >= 0.3 is 5.97 Å². The van der Waals surface area contributed by atoms with Gasteiger partial charge in [-0.3, -0.25) is 9.59 Å². The van der Waals surface area contributed by atoms with Gasteiger partial charge in [0.15, 0.2) is 0 Å². The van der Waals surface area contributed by atoms with Crippen molar-refractivity contribution in [3.63, 3.8) is 0 Å². The highest BCUT2D eigenvalue weighted by molar-refractivity contribution is 6.69. The SMILES string of the molecule is CC(C)CC(C)O.CC(C)CC(C)OC(=O)C(C)Cl.CC(Cl)C(=O)Cl. The zero-order valence-electron chi connectivity index (χ0n) is 16.7. The Morgan fingerprint density at radius 1 is 0.840 bits per heavy atom. The molecule has 0 spiro atoms. The Morgan fingerprint density at radius 2 is 1.20 bits per heavy atom. The van der Waals surface area contributed by atoms with Gasteiger partial charge in [0.2, 0.25) is 5.24 Å². The standard InChI is InChI=1S/C9H17ClO2.C6H14O.C3H4Cl2O/c1-6(2)5-7(3)12-9(11)8(4)10;1-5(2)4-6(3)7;1-2(4)3(5)6/h6-8H,5H2,1-4H3;5-7H,4H2,1-3H3;2H,1H3. The van der Waals surface area contributed by atoms with Crippen LogP contribution in [-0.4, -0.2) is 39.3 Å². The third-order valence-electron chi connectivity index (χ3n) is 2.57. The van der Waals surface area contributed by atoms with Gasteiger partial charge in [0.05, 0.1) is 12.2 Å². The van der Waals surface area contributed by atoms with E-state index >= 15 is 0 Å². The molecule has 0 saturated carbocycles. The van der Waals surface area contributed by atoms with Crippen molar-refractivity contribution in [2.75, 3.05) is 0 Å². The first-order valence-electron chi connectivity index (χ1n) is 8.56. The Balaban J connectivity index is -0.000000317. The molecule has 4 atom stereocenters. The van der Waals surface area contributed by atoms with Gasteiger partial charge in [0, 0.05) is 0 Å². The molecule has 7 heteroatoms. The van der Waals surface area contributed by atoms with E-state index in [4.69, 9.17) is 44.6 Å². The van der Waals surface area contributed by atoms with E-state index in [9.17, 15) is 9.59 Å². The number of halogens is 3. The smallest absolute Gasteiger partial charge is 0.324 e. The number of carbonyl (C=O) groups excluding carboxylic acids is 2. The quantitative estimate of drug-likeness (QED) is 0.340. The lowest BCUT2D eigenvalue weighted by molar-refractivity contribution is -0.148. The van der Waals surface area contributed by atoms with Crippen LogP contribution in [0.3, 0.4) is 0 Å². The van der Waals surface area contributed by atoms with Crippen molar-refractivity contribution in [2.45, 2.75) is 91.2 Å². The predicted molar refractivity (Wildman–Crippen MR) is 108 cm³/mol. The second-order valence-electron chi connectivity index (χ2n) is 6.89. The van der Waals surface area contributed by atoms with Crippen molar-refractivity contribution in [1.29, 1.82) is 0 Å². The lowest BCUT2D eigenvalue weighted by Gasteiger charge is -2.15. The maximum Gasteiger partial charge on any atom is 0.324 e. The average molecular weight is 422 g/mol. The van der Waals surface area contributed by atoms with E-state index < -0.39 is 16.0 Å². The minimum atomic E-state index is -0.549. The van der Waals surface area contributed by atoms with E-state index in [1.54, 1.807) is 6.92 Å². The fourth-order valence-electron chi connectivity index (χ4n) is 1.69. The number of esters is 1. The Labute approximate surface area is 168 Å². The van der Waals surface area contributed by atoms with Gasteiger partial charge in [-0.1, -0.05) is 27.7 Å². The molecule has 0 aromatic carbocycles. The summed E-state index contributed by atoms with van der Waals surface area (Å²) in [6.07, 6.45) is 1.65. The Kier molecular flexibility index (Phi) is 20.7. The van der Waals surface area contributed by atoms with Crippen LogP contribution in [-0.2, 0) is 14.3 Å². The molecule has 0 heterocycles. The number of aliphatic hydroxyl groups is 1. The number of carbonyl (C=O) groups is 2. The van der Waals surface area contributed by atoms with E-state index in [-0.39, 0.29) is 18.2 Å². The molecule has 4 nitrogen and oxygen atoms in total. The molecular weight excluding hydrogens is 387 g/mol. The third-order valence-corrected chi connectivity index (χ3v) is 3.39. The number of aliphatic hydroxyl groups excluding tert-OH is 1. The number of alkyl halides is 2. The second-order valence-corrected chi connectivity index (χ2v) is 8.57. The summed E-state index contributed by atoms with van der Waals surface area (Å²) in [5.74, 6) is 0.836. The first kappa shape index (κ1) is 29.7. The van der Waals surface area contributed by atoms with Gasteiger partial charge < -0.3 is 9.84 Å². The summed E-state index contributed by atoms with van der Waals surface area (Å²) < 4.78 is 5.05. The summed E-state index contributed by atoms with van der Waals surface area (Å²) in [4.78, 5) is 20.8. The van der Waals surface area contributed by atoms with Crippen LogP contribution in [0.25, 0.3) is 0 Å². The van der Waals surface area contributed by atoms with Crippen molar-refractivity contribution in [1.82, 2.24) is 0 Å². The highest BCUT2D eigenvalue weighted by Gasteiger charge is 2.15. The number of hydrogen-bond acceptors (Lipinski definition) is 4. The third kappa shape index (κ3) is 29.0. The summed E-state index contributed by atoms with van der Waals surface area (Å²) in [6.45, 7) is 15.2. The molecule has 0 aliphatic heterocycles. The van der Waals surface area contributed by atoms with E-state index in [1.165, 1.54) is 6.92 Å². The Hall–Kier alpha value is -0.0300. The van der Waals surface area contributed by atoms with Crippen LogP contribution < -0.4 is 0 Å². The van der Waals surface area contributed by atoms with E-state index in [2.05, 4.69) is 27.7 Å². The molecule has 4 unspecified atom stereocenters. The van der Waals surface area contributed by atoms with Gasteiger partial charge in [-0.2, -0.15) is 0 Å². The lowest BCUT2D eigenvalue weighted by atomic mass is 10.1. The summed E-state index contributed by atoms with van der Waals surface area (Å²) in [7, 11) is 0. The first-order valence-corrected chi connectivity index (χ1v) is 9.81. The first-order chi connectivity index (χ1) is 11.2. The molecular formula is C18H35Cl3O4. The van der Waals surface area contributed by atoms with Gasteiger partial charge in [-0.05, 0) is 64.0 Å². The normalized spacial score (nSPS) is 15.1.